The van der Waals surface area contributed by atoms with Crippen molar-refractivity contribution in [3.05, 3.63) is 0 Å². The molecule has 0 spiro atoms. The Morgan fingerprint density at radius 2 is 1.14 bits per heavy atom. The molecule has 0 saturated carbocycles. The molecule has 0 aliphatic rings. The van der Waals surface area contributed by atoms with Crippen LogP contribution in [0.25, 0.3) is 0 Å². The molecular weight excluding hydrogens is 380 g/mol. The van der Waals surface area contributed by atoms with E-state index < -0.39 is 27.4 Å². The molecule has 6 heteroatoms. The molecule has 14 heavy (non-hydrogen) atoms. The molecule has 0 bridgehead atoms. The van der Waals surface area contributed by atoms with Crippen LogP contribution in [0.15, 0.2) is 0 Å². The van der Waals surface area contributed by atoms with Crippen LogP contribution in [0, 0.1) is 0 Å². The van der Waals surface area contributed by atoms with Crippen molar-refractivity contribution >= 4 is 46.8 Å². The maximum atomic E-state index is 2.99. The summed E-state index contributed by atoms with van der Waals surface area (Å²) in [5, 5.41) is 0. The van der Waals surface area contributed by atoms with Gasteiger partial charge in [0.1, 0.15) is 0 Å². The van der Waals surface area contributed by atoms with Gasteiger partial charge in [-0.3, -0.25) is 0 Å². The average molecular weight is 405 g/mol. The van der Waals surface area contributed by atoms with Gasteiger partial charge in [0, 0.05) is 0 Å². The van der Waals surface area contributed by atoms with Crippen molar-refractivity contribution in [2.45, 2.75) is 39.3 Å². The third-order valence-electron chi connectivity index (χ3n) is 1.92. The summed E-state index contributed by atoms with van der Waals surface area (Å²) < 4.78 is 5.49. The summed E-state index contributed by atoms with van der Waals surface area (Å²) in [4.78, 5) is 0. The fourth-order valence-electron chi connectivity index (χ4n) is 1.78. The average Bonchev–Trinajstić information content (AvgIpc) is 1.79. The van der Waals surface area contributed by atoms with Crippen molar-refractivity contribution in [3.63, 3.8) is 0 Å². The molecule has 84 valence electrons. The first-order chi connectivity index (χ1) is 5.98. The van der Waals surface area contributed by atoms with Crippen LogP contribution >= 0.6 is 0 Å². The quantitative estimate of drug-likeness (QED) is 0.658. The molecule has 0 aromatic carbocycles. The predicted molar refractivity (Wildman–Crippen MR) is 73.7 cm³/mol. The summed E-state index contributed by atoms with van der Waals surface area (Å²) in [5.74, 6) is 0. The molecule has 0 aromatic rings. The second kappa shape index (κ2) is 5.13. The van der Waals surface area contributed by atoms with Gasteiger partial charge in [0.05, 0.1) is 0 Å². The standard InChI is InChI=1S/C8H24GeN2Si2Te/c1-10(2)9(14)11(12(3,4)5)13(6,7)8/h1-8H3. The van der Waals surface area contributed by atoms with Crippen LogP contribution in [0.3, 0.4) is 0 Å². The van der Waals surface area contributed by atoms with E-state index in [1.807, 2.05) is 0 Å². The van der Waals surface area contributed by atoms with E-state index in [1.165, 1.54) is 0 Å². The Labute approximate surface area is 106 Å². The normalized spacial score (nSPS) is 12.6. The summed E-state index contributed by atoms with van der Waals surface area (Å²) in [6.07, 6.45) is 0. The second-order valence-electron chi connectivity index (χ2n) is 5.85. The molecule has 0 saturated heterocycles. The number of hydrogen-bond donors (Lipinski definition) is 0. The van der Waals surface area contributed by atoms with E-state index in [9.17, 15) is 0 Å². The van der Waals surface area contributed by atoms with Crippen molar-refractivity contribution in [2.24, 2.45) is 0 Å². The van der Waals surface area contributed by atoms with E-state index in [0.717, 1.165) is 0 Å². The molecule has 0 fully saturated rings. The van der Waals surface area contributed by atoms with Gasteiger partial charge in [0.2, 0.25) is 0 Å². The molecule has 0 aromatic heterocycles. The molecule has 0 unspecified atom stereocenters. The first kappa shape index (κ1) is 15.4. The van der Waals surface area contributed by atoms with Crippen molar-refractivity contribution in [2.75, 3.05) is 14.1 Å². The molecule has 0 N–H and O–H groups in total. The van der Waals surface area contributed by atoms with E-state index in [-0.39, 0.29) is 0 Å². The van der Waals surface area contributed by atoms with Crippen LogP contribution in [0.2, 0.25) is 39.3 Å². The third kappa shape index (κ3) is 4.48. The summed E-state index contributed by atoms with van der Waals surface area (Å²) in [6, 6.07) is 0. The number of hydrogen-bond acceptors (Lipinski definition) is 2. The molecule has 0 heterocycles. The van der Waals surface area contributed by atoms with Crippen molar-refractivity contribution in [3.8, 4) is 0 Å². The van der Waals surface area contributed by atoms with Crippen LogP contribution in [0.4, 0.5) is 0 Å². The molecule has 0 rings (SSSR count). The Kier molecular flexibility index (Phi) is 5.63. The van der Waals surface area contributed by atoms with Crippen LogP contribution < -0.4 is 0 Å². The van der Waals surface area contributed by atoms with Gasteiger partial charge in [-0.2, -0.15) is 0 Å². The van der Waals surface area contributed by atoms with Crippen LogP contribution in [-0.2, 0) is 0 Å². The topological polar surface area (TPSA) is 6.48 Å². The zero-order valence-electron chi connectivity index (χ0n) is 10.8. The van der Waals surface area contributed by atoms with Crippen LogP contribution in [0.1, 0.15) is 0 Å². The van der Waals surface area contributed by atoms with Gasteiger partial charge in [-0.05, 0) is 0 Å². The summed E-state index contributed by atoms with van der Waals surface area (Å²) in [5.41, 5.74) is 0. The first-order valence-electron chi connectivity index (χ1n) is 4.99. The molecule has 2 nitrogen and oxygen atoms in total. The fourth-order valence-corrected chi connectivity index (χ4v) is 45.5. The van der Waals surface area contributed by atoms with Gasteiger partial charge in [0.15, 0.2) is 0 Å². The Morgan fingerprint density at radius 1 is 0.857 bits per heavy atom. The first-order valence-corrected chi connectivity index (χ1v) is 20.7. The van der Waals surface area contributed by atoms with Crippen LogP contribution in [-0.4, -0.2) is 67.9 Å². The maximum absolute atomic E-state index is 2.99. The Bertz CT molecular complexity index is 206. The molecule has 0 radical (unpaired) electrons. The van der Waals surface area contributed by atoms with Crippen LogP contribution in [0.5, 0.6) is 0 Å². The van der Waals surface area contributed by atoms with E-state index >= 15 is 0 Å². The monoisotopic (exact) mass is 408 g/mol. The van der Waals surface area contributed by atoms with Crippen molar-refractivity contribution < 1.29 is 0 Å². The number of rotatable bonds is 4. The zero-order chi connectivity index (χ0) is 11.7. The minimum atomic E-state index is -1.13. The van der Waals surface area contributed by atoms with Gasteiger partial charge in [-0.25, -0.2) is 0 Å². The van der Waals surface area contributed by atoms with Crippen molar-refractivity contribution in [1.82, 2.24) is 7.05 Å². The Balaban J connectivity index is 5.05. The number of nitrogens with zero attached hydrogens (tertiary/aromatic N) is 2. The predicted octanol–water partition coefficient (Wildman–Crippen LogP) is 1.67. The molecule has 0 amide bonds. The molecular formula is C8H24GeN2Si2Te. The summed E-state index contributed by atoms with van der Waals surface area (Å²) in [6.45, 7) is 15.0. The molecule has 0 aliphatic carbocycles. The summed E-state index contributed by atoms with van der Waals surface area (Å²) >= 11 is 2.42. The van der Waals surface area contributed by atoms with Gasteiger partial charge in [0.25, 0.3) is 0 Å². The minimum absolute atomic E-state index is 1.12. The van der Waals surface area contributed by atoms with E-state index in [2.05, 4.69) is 79.8 Å². The van der Waals surface area contributed by atoms with Gasteiger partial charge < -0.3 is 0 Å². The summed E-state index contributed by atoms with van der Waals surface area (Å²) in [7, 11) is 1.15. The SMILES string of the molecule is C[N](C)[Ge](=[Te])[N]([Si](C)(C)C)[Si](C)(C)C. The third-order valence-corrected chi connectivity index (χ3v) is 35.0. The second-order valence-corrected chi connectivity index (χ2v) is 27.2. The Morgan fingerprint density at radius 3 is 1.21 bits per heavy atom. The van der Waals surface area contributed by atoms with E-state index in [1.54, 1.807) is 0 Å². The Hall–Kier alpha value is 1.37. The van der Waals surface area contributed by atoms with Gasteiger partial charge in [-0.15, -0.1) is 0 Å². The molecule has 0 aliphatic heterocycles. The zero-order valence-corrected chi connectivity index (χ0v) is 17.2. The van der Waals surface area contributed by atoms with Gasteiger partial charge in [-0.1, -0.05) is 0 Å². The van der Waals surface area contributed by atoms with Crippen molar-refractivity contribution in [1.29, 1.82) is 0 Å². The fraction of sp³-hybridized carbons (Fsp3) is 1.00. The van der Waals surface area contributed by atoms with E-state index in [0.29, 0.717) is 0 Å². The van der Waals surface area contributed by atoms with E-state index in [4.69, 9.17) is 0 Å². The molecule has 0 atom stereocenters. The van der Waals surface area contributed by atoms with Gasteiger partial charge >= 0.3 is 107 Å².